The lowest BCUT2D eigenvalue weighted by atomic mass is 10.1. The maximum Gasteiger partial charge on any atom is 0.288 e. The van der Waals surface area contributed by atoms with Crippen molar-refractivity contribution in [1.82, 2.24) is 4.57 Å². The van der Waals surface area contributed by atoms with Gasteiger partial charge in [-0.3, -0.25) is 0 Å². The van der Waals surface area contributed by atoms with Crippen LogP contribution in [-0.4, -0.2) is 4.57 Å². The molecule has 0 aliphatic rings. The van der Waals surface area contributed by atoms with E-state index in [0.717, 1.165) is 13.1 Å². The molecule has 0 spiro atoms. The number of unbranched alkanes of at least 4 members (excludes halogenated alkanes) is 4. The second-order valence-electron chi connectivity index (χ2n) is 5.38. The molecule has 0 unspecified atom stereocenters. The Morgan fingerprint density at radius 2 is 1.70 bits per heavy atom. The summed E-state index contributed by atoms with van der Waals surface area (Å²) in [4.78, 5) is 0. The number of imidazole rings is 1. The molecule has 0 aliphatic carbocycles. The molecule has 2 heteroatoms. The molecule has 2 aromatic rings. The molecule has 2 rings (SSSR count). The van der Waals surface area contributed by atoms with Crippen molar-refractivity contribution in [2.24, 2.45) is 0 Å². The minimum Gasteiger partial charge on any atom is -0.230 e. The van der Waals surface area contributed by atoms with Gasteiger partial charge in [0.1, 0.15) is 12.4 Å². The molecule has 1 heterocycles. The molecule has 1 aromatic heterocycles. The van der Waals surface area contributed by atoms with Gasteiger partial charge < -0.3 is 0 Å². The molecule has 0 amide bonds. The standard InChI is InChI=1S/C18H27N2/c1-3-5-6-7-11-14-20-16-15-19(4-2)18(20)17-12-9-8-10-13-17/h8-10,12-13,15-16H,3-7,11,14H2,1-2H3/q+1. The molecule has 0 fully saturated rings. The first kappa shape index (κ1) is 14.8. The lowest BCUT2D eigenvalue weighted by molar-refractivity contribution is -0.686. The number of hydrogen-bond donors (Lipinski definition) is 0. The molecule has 2 nitrogen and oxygen atoms in total. The summed E-state index contributed by atoms with van der Waals surface area (Å²) in [6, 6.07) is 10.7. The zero-order valence-electron chi connectivity index (χ0n) is 12.9. The Morgan fingerprint density at radius 1 is 0.950 bits per heavy atom. The van der Waals surface area contributed by atoms with Crippen molar-refractivity contribution < 1.29 is 4.57 Å². The third-order valence-corrected chi connectivity index (χ3v) is 3.85. The number of nitrogens with zero attached hydrogens (tertiary/aromatic N) is 2. The van der Waals surface area contributed by atoms with E-state index in [1.165, 1.54) is 43.5 Å². The Kier molecular flexibility index (Phi) is 5.85. The maximum atomic E-state index is 2.41. The third-order valence-electron chi connectivity index (χ3n) is 3.85. The van der Waals surface area contributed by atoms with Crippen molar-refractivity contribution in [2.45, 2.75) is 59.0 Å². The SMILES string of the molecule is CCCCCCC[n+]1ccn(CC)c1-c1ccccc1. The van der Waals surface area contributed by atoms with Crippen molar-refractivity contribution in [1.29, 1.82) is 0 Å². The molecule has 1 aromatic carbocycles. The Labute approximate surface area is 123 Å². The average molecular weight is 271 g/mol. The molecule has 0 atom stereocenters. The maximum absolute atomic E-state index is 2.41. The molecule has 20 heavy (non-hydrogen) atoms. The number of aryl methyl sites for hydroxylation is 2. The van der Waals surface area contributed by atoms with Crippen molar-refractivity contribution >= 4 is 0 Å². The number of rotatable bonds is 8. The molecular formula is C18H27N2+. The van der Waals surface area contributed by atoms with E-state index < -0.39 is 0 Å². The van der Waals surface area contributed by atoms with Gasteiger partial charge in [0.05, 0.1) is 18.7 Å². The first-order chi connectivity index (χ1) is 9.86. The summed E-state index contributed by atoms with van der Waals surface area (Å²) in [5.41, 5.74) is 1.31. The van der Waals surface area contributed by atoms with Gasteiger partial charge in [-0.15, -0.1) is 0 Å². The zero-order valence-corrected chi connectivity index (χ0v) is 12.9. The summed E-state index contributed by atoms with van der Waals surface area (Å²) in [5.74, 6) is 1.34. The van der Waals surface area contributed by atoms with Gasteiger partial charge >= 0.3 is 0 Å². The van der Waals surface area contributed by atoms with E-state index in [1.807, 2.05) is 0 Å². The Balaban J connectivity index is 2.08. The van der Waals surface area contributed by atoms with Crippen LogP contribution in [0, 0.1) is 0 Å². The van der Waals surface area contributed by atoms with Crippen LogP contribution in [0.1, 0.15) is 46.0 Å². The van der Waals surface area contributed by atoms with Crippen molar-refractivity contribution in [3.8, 4) is 11.4 Å². The smallest absolute Gasteiger partial charge is 0.230 e. The van der Waals surface area contributed by atoms with Gasteiger partial charge in [-0.05, 0) is 31.9 Å². The summed E-state index contributed by atoms with van der Waals surface area (Å²) in [6.45, 7) is 6.62. The van der Waals surface area contributed by atoms with Crippen LogP contribution in [0.5, 0.6) is 0 Å². The van der Waals surface area contributed by atoms with Crippen molar-refractivity contribution in [2.75, 3.05) is 0 Å². The van der Waals surface area contributed by atoms with E-state index >= 15 is 0 Å². The summed E-state index contributed by atoms with van der Waals surface area (Å²) < 4.78 is 4.74. The summed E-state index contributed by atoms with van der Waals surface area (Å²) in [6.07, 6.45) is 11.1. The molecule has 0 saturated carbocycles. The van der Waals surface area contributed by atoms with Crippen molar-refractivity contribution in [3.05, 3.63) is 42.7 Å². The Morgan fingerprint density at radius 3 is 2.40 bits per heavy atom. The molecular weight excluding hydrogens is 244 g/mol. The lowest BCUT2D eigenvalue weighted by Crippen LogP contribution is -2.34. The lowest BCUT2D eigenvalue weighted by Gasteiger charge is -2.04. The van der Waals surface area contributed by atoms with Gasteiger partial charge in [0.25, 0.3) is 5.82 Å². The fourth-order valence-corrected chi connectivity index (χ4v) is 2.71. The van der Waals surface area contributed by atoms with Gasteiger partial charge in [0.15, 0.2) is 0 Å². The quantitative estimate of drug-likeness (QED) is 0.496. The van der Waals surface area contributed by atoms with E-state index in [0.29, 0.717) is 0 Å². The minimum absolute atomic E-state index is 1.02. The number of benzene rings is 1. The largest absolute Gasteiger partial charge is 0.288 e. The first-order valence-corrected chi connectivity index (χ1v) is 8.00. The molecule has 0 bridgehead atoms. The van der Waals surface area contributed by atoms with Gasteiger partial charge in [-0.1, -0.05) is 44.4 Å². The fourth-order valence-electron chi connectivity index (χ4n) is 2.71. The molecule has 0 radical (unpaired) electrons. The first-order valence-electron chi connectivity index (χ1n) is 8.00. The van der Waals surface area contributed by atoms with Crippen LogP contribution < -0.4 is 4.57 Å². The van der Waals surface area contributed by atoms with E-state index in [1.54, 1.807) is 0 Å². The second kappa shape index (κ2) is 7.88. The summed E-state index contributed by atoms with van der Waals surface area (Å²) >= 11 is 0. The highest BCUT2D eigenvalue weighted by atomic mass is 15.1. The second-order valence-corrected chi connectivity index (χ2v) is 5.38. The van der Waals surface area contributed by atoms with Crippen LogP contribution in [0.15, 0.2) is 42.7 Å². The van der Waals surface area contributed by atoms with Gasteiger partial charge in [-0.25, -0.2) is 9.13 Å². The average Bonchev–Trinajstić information content (AvgIpc) is 2.91. The van der Waals surface area contributed by atoms with Crippen LogP contribution in [0.3, 0.4) is 0 Å². The van der Waals surface area contributed by atoms with E-state index in [4.69, 9.17) is 0 Å². The molecule has 0 N–H and O–H groups in total. The van der Waals surface area contributed by atoms with Gasteiger partial charge in [0, 0.05) is 0 Å². The molecule has 0 aliphatic heterocycles. The molecule has 0 saturated heterocycles. The normalized spacial score (nSPS) is 10.9. The third kappa shape index (κ3) is 3.72. The predicted molar refractivity (Wildman–Crippen MR) is 84.5 cm³/mol. The summed E-state index contributed by atoms with van der Waals surface area (Å²) in [5, 5.41) is 0. The molecule has 108 valence electrons. The van der Waals surface area contributed by atoms with Crippen LogP contribution >= 0.6 is 0 Å². The minimum atomic E-state index is 1.02. The highest BCUT2D eigenvalue weighted by Crippen LogP contribution is 2.16. The van der Waals surface area contributed by atoms with Crippen LogP contribution in [0.2, 0.25) is 0 Å². The van der Waals surface area contributed by atoms with Gasteiger partial charge in [-0.2, -0.15) is 0 Å². The number of hydrogen-bond acceptors (Lipinski definition) is 0. The predicted octanol–water partition coefficient (Wildman–Crippen LogP) is 4.43. The Bertz CT molecular complexity index is 499. The van der Waals surface area contributed by atoms with Gasteiger partial charge in [0.2, 0.25) is 0 Å². The van der Waals surface area contributed by atoms with Crippen LogP contribution in [0.4, 0.5) is 0 Å². The van der Waals surface area contributed by atoms with E-state index in [2.05, 4.69) is 65.7 Å². The number of aromatic nitrogens is 2. The highest BCUT2D eigenvalue weighted by molar-refractivity contribution is 5.52. The van der Waals surface area contributed by atoms with E-state index in [9.17, 15) is 0 Å². The fraction of sp³-hybridized carbons (Fsp3) is 0.500. The zero-order chi connectivity index (χ0) is 14.2. The highest BCUT2D eigenvalue weighted by Gasteiger charge is 2.17. The van der Waals surface area contributed by atoms with Crippen LogP contribution in [-0.2, 0) is 13.1 Å². The Hall–Kier alpha value is -1.57. The summed E-state index contributed by atoms with van der Waals surface area (Å²) in [7, 11) is 0. The van der Waals surface area contributed by atoms with E-state index in [-0.39, 0.29) is 0 Å². The topological polar surface area (TPSA) is 8.81 Å². The van der Waals surface area contributed by atoms with Crippen LogP contribution in [0.25, 0.3) is 11.4 Å². The van der Waals surface area contributed by atoms with Crippen molar-refractivity contribution in [3.63, 3.8) is 0 Å². The monoisotopic (exact) mass is 271 g/mol.